The molecule has 4 rings (SSSR count). The van der Waals surface area contributed by atoms with Crippen LogP contribution in [0.1, 0.15) is 48.4 Å². The van der Waals surface area contributed by atoms with Crippen molar-refractivity contribution in [3.05, 3.63) is 59.2 Å². The third kappa shape index (κ3) is 4.74. The van der Waals surface area contributed by atoms with Gasteiger partial charge in [-0.3, -0.25) is 9.69 Å². The standard InChI is InChI=1S/C25H31N3O3/c1-18-7-9-19(10-8-18)23-16-22(21-12-11-20(30-2)15-24(21)31-3)26-28(23)25(29)17-27-13-5-4-6-14-27/h7-12,15,23H,4-6,13-14,16-17H2,1-3H3/t23-/m0/s1. The van der Waals surface area contributed by atoms with Crippen molar-refractivity contribution in [3.63, 3.8) is 0 Å². The Morgan fingerprint density at radius 3 is 2.45 bits per heavy atom. The normalized spacial score (nSPS) is 19.3. The van der Waals surface area contributed by atoms with E-state index < -0.39 is 0 Å². The van der Waals surface area contributed by atoms with E-state index in [1.165, 1.54) is 12.0 Å². The van der Waals surface area contributed by atoms with Gasteiger partial charge in [0.1, 0.15) is 11.5 Å². The number of hydrogen-bond acceptors (Lipinski definition) is 5. The summed E-state index contributed by atoms with van der Waals surface area (Å²) in [7, 11) is 3.28. The summed E-state index contributed by atoms with van der Waals surface area (Å²) in [5.41, 5.74) is 4.06. The number of ether oxygens (including phenoxy) is 2. The summed E-state index contributed by atoms with van der Waals surface area (Å²) in [5.74, 6) is 1.48. The molecule has 2 heterocycles. The summed E-state index contributed by atoms with van der Waals surface area (Å²) >= 11 is 0. The fraction of sp³-hybridized carbons (Fsp3) is 0.440. The van der Waals surface area contributed by atoms with Crippen LogP contribution >= 0.6 is 0 Å². The van der Waals surface area contributed by atoms with Gasteiger partial charge in [0.25, 0.3) is 5.91 Å². The fourth-order valence-corrected chi connectivity index (χ4v) is 4.37. The first-order chi connectivity index (χ1) is 15.1. The van der Waals surface area contributed by atoms with Crippen LogP contribution in [-0.4, -0.2) is 55.4 Å². The van der Waals surface area contributed by atoms with E-state index in [0.29, 0.717) is 18.7 Å². The Kier molecular flexibility index (Phi) is 6.56. The molecule has 6 heteroatoms. The van der Waals surface area contributed by atoms with Crippen LogP contribution in [0.4, 0.5) is 0 Å². The largest absolute Gasteiger partial charge is 0.497 e. The Morgan fingerprint density at radius 2 is 1.77 bits per heavy atom. The molecule has 0 aliphatic carbocycles. The number of nitrogens with zero attached hydrogens (tertiary/aromatic N) is 3. The lowest BCUT2D eigenvalue weighted by Gasteiger charge is -2.29. The maximum absolute atomic E-state index is 13.3. The molecule has 2 aliphatic rings. The molecular formula is C25H31N3O3. The Hall–Kier alpha value is -2.86. The van der Waals surface area contributed by atoms with Crippen molar-refractivity contribution in [2.75, 3.05) is 33.9 Å². The van der Waals surface area contributed by atoms with Crippen LogP contribution in [0.25, 0.3) is 0 Å². The van der Waals surface area contributed by atoms with Gasteiger partial charge in [0.2, 0.25) is 0 Å². The number of amides is 1. The number of aryl methyl sites for hydroxylation is 1. The van der Waals surface area contributed by atoms with E-state index in [-0.39, 0.29) is 11.9 Å². The summed E-state index contributed by atoms with van der Waals surface area (Å²) in [6, 6.07) is 14.0. The molecule has 6 nitrogen and oxygen atoms in total. The minimum Gasteiger partial charge on any atom is -0.497 e. The maximum Gasteiger partial charge on any atom is 0.257 e. The molecule has 0 saturated carbocycles. The van der Waals surface area contributed by atoms with Crippen LogP contribution in [0.5, 0.6) is 11.5 Å². The van der Waals surface area contributed by atoms with Crippen molar-refractivity contribution in [2.24, 2.45) is 5.10 Å². The lowest BCUT2D eigenvalue weighted by Crippen LogP contribution is -2.40. The zero-order valence-electron chi connectivity index (χ0n) is 18.6. The summed E-state index contributed by atoms with van der Waals surface area (Å²) in [5, 5.41) is 6.51. The Morgan fingerprint density at radius 1 is 1.03 bits per heavy atom. The second-order valence-electron chi connectivity index (χ2n) is 8.32. The van der Waals surface area contributed by atoms with Gasteiger partial charge in [-0.1, -0.05) is 36.2 Å². The number of methoxy groups -OCH3 is 2. The Labute approximate surface area is 184 Å². The average molecular weight is 422 g/mol. The highest BCUT2D eigenvalue weighted by molar-refractivity contribution is 6.05. The van der Waals surface area contributed by atoms with Gasteiger partial charge in [0.05, 0.1) is 32.5 Å². The molecule has 0 aromatic heterocycles. The second kappa shape index (κ2) is 9.52. The zero-order valence-corrected chi connectivity index (χ0v) is 18.6. The van der Waals surface area contributed by atoms with E-state index in [1.807, 2.05) is 18.2 Å². The summed E-state index contributed by atoms with van der Waals surface area (Å²) < 4.78 is 10.9. The van der Waals surface area contributed by atoms with Gasteiger partial charge in [-0.15, -0.1) is 0 Å². The number of benzene rings is 2. The Balaban J connectivity index is 1.64. The van der Waals surface area contributed by atoms with Crippen molar-refractivity contribution in [2.45, 2.75) is 38.6 Å². The van der Waals surface area contributed by atoms with E-state index in [1.54, 1.807) is 19.2 Å². The van der Waals surface area contributed by atoms with E-state index in [2.05, 4.69) is 36.1 Å². The maximum atomic E-state index is 13.3. The van der Waals surface area contributed by atoms with Gasteiger partial charge in [0, 0.05) is 18.1 Å². The van der Waals surface area contributed by atoms with Crippen molar-refractivity contribution in [3.8, 4) is 11.5 Å². The molecule has 0 radical (unpaired) electrons. The van der Waals surface area contributed by atoms with Gasteiger partial charge >= 0.3 is 0 Å². The van der Waals surface area contributed by atoms with Crippen molar-refractivity contribution in [1.29, 1.82) is 0 Å². The highest BCUT2D eigenvalue weighted by atomic mass is 16.5. The minimum atomic E-state index is -0.111. The molecule has 0 spiro atoms. The van der Waals surface area contributed by atoms with Gasteiger partial charge in [-0.05, 0) is 50.6 Å². The molecule has 0 bridgehead atoms. The quantitative estimate of drug-likeness (QED) is 0.702. The number of rotatable bonds is 6. The van der Waals surface area contributed by atoms with Crippen LogP contribution in [0, 0.1) is 6.92 Å². The first-order valence-electron chi connectivity index (χ1n) is 11.0. The summed E-state index contributed by atoms with van der Waals surface area (Å²) in [6.45, 7) is 4.45. The van der Waals surface area contributed by atoms with Gasteiger partial charge < -0.3 is 9.47 Å². The lowest BCUT2D eigenvalue weighted by molar-refractivity contribution is -0.134. The molecule has 1 amide bonds. The van der Waals surface area contributed by atoms with Crippen LogP contribution in [0.2, 0.25) is 0 Å². The van der Waals surface area contributed by atoms with E-state index in [4.69, 9.17) is 14.6 Å². The van der Waals surface area contributed by atoms with Crippen LogP contribution in [0.3, 0.4) is 0 Å². The molecule has 1 fully saturated rings. The monoisotopic (exact) mass is 421 g/mol. The topological polar surface area (TPSA) is 54.4 Å². The number of piperidine rings is 1. The molecule has 2 aromatic carbocycles. The molecule has 0 N–H and O–H groups in total. The summed E-state index contributed by atoms with van der Waals surface area (Å²) in [4.78, 5) is 15.6. The third-order valence-corrected chi connectivity index (χ3v) is 6.16. The fourth-order valence-electron chi connectivity index (χ4n) is 4.37. The van der Waals surface area contributed by atoms with Crippen molar-refractivity contribution >= 4 is 11.6 Å². The molecule has 0 unspecified atom stereocenters. The summed E-state index contributed by atoms with van der Waals surface area (Å²) in [6.07, 6.45) is 4.22. The number of carbonyl (C=O) groups is 1. The number of likely N-dealkylation sites (tertiary alicyclic amines) is 1. The van der Waals surface area contributed by atoms with Crippen molar-refractivity contribution in [1.82, 2.24) is 9.91 Å². The van der Waals surface area contributed by atoms with E-state index >= 15 is 0 Å². The molecule has 1 atom stereocenters. The van der Waals surface area contributed by atoms with E-state index in [0.717, 1.165) is 48.5 Å². The van der Waals surface area contributed by atoms with Crippen LogP contribution in [-0.2, 0) is 4.79 Å². The van der Waals surface area contributed by atoms with Gasteiger partial charge in [-0.2, -0.15) is 5.10 Å². The lowest BCUT2D eigenvalue weighted by atomic mass is 9.97. The molecule has 2 aliphatic heterocycles. The molecule has 1 saturated heterocycles. The second-order valence-corrected chi connectivity index (χ2v) is 8.32. The SMILES string of the molecule is COc1ccc(C2=NN(C(=O)CN3CCCCC3)[C@H](c3ccc(C)cc3)C2)c(OC)c1. The predicted molar refractivity (Wildman–Crippen MR) is 122 cm³/mol. The van der Waals surface area contributed by atoms with Crippen LogP contribution < -0.4 is 9.47 Å². The third-order valence-electron chi connectivity index (χ3n) is 6.16. The molecule has 31 heavy (non-hydrogen) atoms. The highest BCUT2D eigenvalue weighted by Gasteiger charge is 2.34. The molecule has 164 valence electrons. The number of hydrazone groups is 1. The van der Waals surface area contributed by atoms with Gasteiger partial charge in [0.15, 0.2) is 0 Å². The first-order valence-corrected chi connectivity index (χ1v) is 11.0. The van der Waals surface area contributed by atoms with E-state index in [9.17, 15) is 4.79 Å². The Bertz CT molecular complexity index is 949. The smallest absolute Gasteiger partial charge is 0.257 e. The minimum absolute atomic E-state index is 0.0509. The molecular weight excluding hydrogens is 390 g/mol. The average Bonchev–Trinajstić information content (AvgIpc) is 3.25. The zero-order chi connectivity index (χ0) is 21.8. The highest BCUT2D eigenvalue weighted by Crippen LogP contribution is 2.36. The number of carbonyl (C=O) groups excluding carboxylic acids is 1. The van der Waals surface area contributed by atoms with Crippen LogP contribution in [0.15, 0.2) is 47.6 Å². The molecule has 2 aromatic rings. The van der Waals surface area contributed by atoms with Gasteiger partial charge in [-0.25, -0.2) is 5.01 Å². The predicted octanol–water partition coefficient (Wildman–Crippen LogP) is 4.18. The first kappa shape index (κ1) is 21.4. The number of hydrogen-bond donors (Lipinski definition) is 0. The van der Waals surface area contributed by atoms with Crippen molar-refractivity contribution < 1.29 is 14.3 Å².